The second kappa shape index (κ2) is 5.74. The van der Waals surface area contributed by atoms with Crippen molar-refractivity contribution >= 4 is 23.0 Å². The van der Waals surface area contributed by atoms with Gasteiger partial charge in [-0.1, -0.05) is 28.9 Å². The number of oxime groups is 1. The molecule has 1 saturated heterocycles. The molecule has 3 aliphatic rings. The highest BCUT2D eigenvalue weighted by molar-refractivity contribution is 6.33. The lowest BCUT2D eigenvalue weighted by atomic mass is 9.91. The minimum Gasteiger partial charge on any atom is -0.411 e. The fourth-order valence-electron chi connectivity index (χ4n) is 4.63. The van der Waals surface area contributed by atoms with E-state index in [9.17, 15) is 5.21 Å². The molecular weight excluding hydrogens is 298 g/mol. The third-order valence-corrected chi connectivity index (χ3v) is 5.98. The van der Waals surface area contributed by atoms with Crippen molar-refractivity contribution in [3.8, 4) is 0 Å². The summed E-state index contributed by atoms with van der Waals surface area (Å²) in [7, 11) is 0. The summed E-state index contributed by atoms with van der Waals surface area (Å²) in [6.45, 7) is 3.99. The molecule has 1 aromatic carbocycles. The highest BCUT2D eigenvalue weighted by atomic mass is 35.5. The van der Waals surface area contributed by atoms with E-state index in [0.29, 0.717) is 17.9 Å². The Hall–Kier alpha value is -1.26. The van der Waals surface area contributed by atoms with Crippen LogP contribution >= 0.6 is 11.6 Å². The van der Waals surface area contributed by atoms with Crippen molar-refractivity contribution in [1.82, 2.24) is 4.90 Å². The minimum atomic E-state index is 0.372. The van der Waals surface area contributed by atoms with E-state index in [1.54, 1.807) is 0 Å². The van der Waals surface area contributed by atoms with E-state index in [1.807, 2.05) is 18.2 Å². The maximum absolute atomic E-state index is 9.39. The van der Waals surface area contributed by atoms with Crippen LogP contribution in [0, 0.1) is 11.8 Å². The van der Waals surface area contributed by atoms with Gasteiger partial charge in [0.1, 0.15) is 0 Å². The molecular formula is C17H22ClN3O. The number of benzene rings is 1. The molecule has 0 radical (unpaired) electrons. The van der Waals surface area contributed by atoms with Crippen LogP contribution in [0.3, 0.4) is 0 Å². The number of fused-ring (bicyclic) bond motifs is 2. The number of para-hydroxylation sites is 1. The molecule has 0 unspecified atom stereocenters. The lowest BCUT2D eigenvalue weighted by molar-refractivity contribution is 0.181. The number of nitrogens with zero attached hydrogens (tertiary/aromatic N) is 3. The van der Waals surface area contributed by atoms with E-state index in [1.165, 1.54) is 19.3 Å². The fourth-order valence-corrected chi connectivity index (χ4v) is 4.89. The molecule has 2 bridgehead atoms. The van der Waals surface area contributed by atoms with Crippen LogP contribution in [0.1, 0.15) is 19.3 Å². The van der Waals surface area contributed by atoms with Crippen molar-refractivity contribution < 1.29 is 5.21 Å². The van der Waals surface area contributed by atoms with Crippen LogP contribution in [0.25, 0.3) is 0 Å². The van der Waals surface area contributed by atoms with Crippen molar-refractivity contribution in [3.63, 3.8) is 0 Å². The zero-order valence-electron chi connectivity index (χ0n) is 12.7. The summed E-state index contributed by atoms with van der Waals surface area (Å²) in [5, 5.41) is 13.9. The molecule has 1 N–H and O–H groups in total. The Bertz CT molecular complexity index is 583. The van der Waals surface area contributed by atoms with Crippen LogP contribution < -0.4 is 4.90 Å². The van der Waals surface area contributed by atoms with Crippen molar-refractivity contribution in [2.45, 2.75) is 25.3 Å². The maximum atomic E-state index is 9.39. The minimum absolute atomic E-state index is 0.372. The first-order chi connectivity index (χ1) is 10.8. The Balaban J connectivity index is 1.45. The zero-order chi connectivity index (χ0) is 15.1. The van der Waals surface area contributed by atoms with E-state index >= 15 is 0 Å². The third kappa shape index (κ3) is 2.29. The predicted octanol–water partition coefficient (Wildman–Crippen LogP) is 3.09. The van der Waals surface area contributed by atoms with Crippen LogP contribution in [0.5, 0.6) is 0 Å². The molecule has 0 amide bonds. The van der Waals surface area contributed by atoms with Crippen molar-refractivity contribution in [3.05, 3.63) is 29.3 Å². The van der Waals surface area contributed by atoms with Gasteiger partial charge in [0.15, 0.2) is 0 Å². The Morgan fingerprint density at radius 2 is 1.86 bits per heavy atom. The predicted molar refractivity (Wildman–Crippen MR) is 89.1 cm³/mol. The van der Waals surface area contributed by atoms with Gasteiger partial charge >= 0.3 is 0 Å². The Morgan fingerprint density at radius 1 is 1.09 bits per heavy atom. The lowest BCUT2D eigenvalue weighted by Gasteiger charge is -2.41. The molecule has 3 fully saturated rings. The van der Waals surface area contributed by atoms with Gasteiger partial charge in [0.05, 0.1) is 22.5 Å². The van der Waals surface area contributed by atoms with Crippen LogP contribution in [0.2, 0.25) is 5.02 Å². The molecule has 118 valence electrons. The molecule has 22 heavy (non-hydrogen) atoms. The van der Waals surface area contributed by atoms with Crippen LogP contribution in [-0.2, 0) is 0 Å². The number of anilines is 1. The molecule has 2 aliphatic carbocycles. The molecule has 2 saturated carbocycles. The van der Waals surface area contributed by atoms with E-state index in [2.05, 4.69) is 21.0 Å². The first kappa shape index (κ1) is 14.3. The zero-order valence-corrected chi connectivity index (χ0v) is 13.4. The van der Waals surface area contributed by atoms with Gasteiger partial charge < -0.3 is 10.1 Å². The first-order valence-corrected chi connectivity index (χ1v) is 8.61. The SMILES string of the molecule is O/N=C1/[C@H]2CC[C@@H](C2)[C@@H]1N1CCN(c2ccccc2Cl)CC1. The molecule has 1 aromatic rings. The summed E-state index contributed by atoms with van der Waals surface area (Å²) < 4.78 is 0. The molecule has 0 aromatic heterocycles. The summed E-state index contributed by atoms with van der Waals surface area (Å²) in [4.78, 5) is 4.88. The van der Waals surface area contributed by atoms with E-state index in [-0.39, 0.29) is 0 Å². The maximum Gasteiger partial charge on any atom is 0.0775 e. The lowest BCUT2D eigenvalue weighted by Crippen LogP contribution is -2.54. The molecule has 1 aliphatic heterocycles. The summed E-state index contributed by atoms with van der Waals surface area (Å²) in [5.41, 5.74) is 2.18. The number of piperazine rings is 1. The fraction of sp³-hybridized carbons (Fsp3) is 0.588. The van der Waals surface area contributed by atoms with Gasteiger partial charge in [0.25, 0.3) is 0 Å². The topological polar surface area (TPSA) is 39.1 Å². The molecule has 4 rings (SSSR count). The van der Waals surface area contributed by atoms with Gasteiger partial charge in [-0.05, 0) is 37.3 Å². The molecule has 5 heteroatoms. The monoisotopic (exact) mass is 319 g/mol. The second-order valence-corrected chi connectivity index (χ2v) is 7.12. The average Bonchev–Trinajstić information content (AvgIpc) is 3.16. The van der Waals surface area contributed by atoms with Crippen LogP contribution in [0.15, 0.2) is 29.4 Å². The third-order valence-electron chi connectivity index (χ3n) is 5.66. The highest BCUT2D eigenvalue weighted by Crippen LogP contribution is 2.45. The quantitative estimate of drug-likeness (QED) is 0.672. The number of hydrogen-bond acceptors (Lipinski definition) is 4. The van der Waals surface area contributed by atoms with Crippen LogP contribution in [-0.4, -0.2) is 48.0 Å². The van der Waals surface area contributed by atoms with Gasteiger partial charge in [-0.15, -0.1) is 0 Å². The number of halogens is 1. The Morgan fingerprint density at radius 3 is 2.59 bits per heavy atom. The Kier molecular flexibility index (Phi) is 3.74. The van der Waals surface area contributed by atoms with Crippen LogP contribution in [0.4, 0.5) is 5.69 Å². The van der Waals surface area contributed by atoms with Gasteiger partial charge in [0.2, 0.25) is 0 Å². The molecule has 4 nitrogen and oxygen atoms in total. The second-order valence-electron chi connectivity index (χ2n) is 6.71. The molecule has 1 heterocycles. The summed E-state index contributed by atoms with van der Waals surface area (Å²) in [6.07, 6.45) is 3.72. The standard InChI is InChI=1S/C17H22ClN3O/c18-14-3-1-2-4-15(14)20-7-9-21(10-8-20)17-13-6-5-12(11-13)16(17)19-22/h1-4,12-13,17,22H,5-11H2/b19-16-/t12-,13-,17-/m0/s1. The summed E-state index contributed by atoms with van der Waals surface area (Å²) in [6, 6.07) is 8.44. The molecule has 3 atom stereocenters. The van der Waals surface area contributed by atoms with E-state index in [4.69, 9.17) is 11.6 Å². The average molecular weight is 320 g/mol. The van der Waals surface area contributed by atoms with E-state index in [0.717, 1.165) is 42.6 Å². The molecule has 0 spiro atoms. The number of rotatable bonds is 2. The summed E-state index contributed by atoms with van der Waals surface area (Å²) in [5.74, 6) is 1.23. The van der Waals surface area contributed by atoms with Crippen molar-refractivity contribution in [2.24, 2.45) is 17.0 Å². The highest BCUT2D eigenvalue weighted by Gasteiger charge is 2.48. The van der Waals surface area contributed by atoms with Crippen molar-refractivity contribution in [2.75, 3.05) is 31.1 Å². The van der Waals surface area contributed by atoms with Crippen molar-refractivity contribution in [1.29, 1.82) is 0 Å². The normalized spacial score (nSPS) is 33.8. The first-order valence-electron chi connectivity index (χ1n) is 8.23. The smallest absolute Gasteiger partial charge is 0.0775 e. The Labute approximate surface area is 136 Å². The van der Waals surface area contributed by atoms with Gasteiger partial charge in [0, 0.05) is 32.1 Å². The number of hydrogen-bond donors (Lipinski definition) is 1. The largest absolute Gasteiger partial charge is 0.411 e. The van der Waals surface area contributed by atoms with Gasteiger partial charge in [-0.3, -0.25) is 4.90 Å². The van der Waals surface area contributed by atoms with Gasteiger partial charge in [-0.25, -0.2) is 0 Å². The van der Waals surface area contributed by atoms with E-state index < -0.39 is 0 Å². The summed E-state index contributed by atoms with van der Waals surface area (Å²) >= 11 is 6.31. The van der Waals surface area contributed by atoms with Gasteiger partial charge in [-0.2, -0.15) is 0 Å².